The number of rotatable bonds is 6. The molecule has 4 nitrogen and oxygen atoms in total. The summed E-state index contributed by atoms with van der Waals surface area (Å²) >= 11 is 0. The molecule has 0 radical (unpaired) electrons. The number of amides is 1. The smallest absolute Gasteiger partial charge is 0.223 e. The average Bonchev–Trinajstić information content (AvgIpc) is 3.05. The standard InChI is InChI=1S/C25H33N3O/c1-3-28(4-2)24(29)17-21-18-25(23-8-6-5-7-22(21)23)11-15-27(16-12-25)19-20-9-13-26-14-10-20/h5-10,13-14,21H,3-4,11-12,15-19H2,1-2H3. The fraction of sp³-hybridized carbons (Fsp3) is 0.520. The molecule has 1 aromatic carbocycles. The molecule has 0 saturated carbocycles. The van der Waals surface area contributed by atoms with Gasteiger partial charge in [-0.25, -0.2) is 0 Å². The normalized spacial score (nSPS) is 20.6. The number of nitrogens with zero attached hydrogens (tertiary/aromatic N) is 3. The molecule has 1 atom stereocenters. The topological polar surface area (TPSA) is 36.4 Å². The van der Waals surface area contributed by atoms with E-state index in [2.05, 4.69) is 60.1 Å². The Bertz CT molecular complexity index is 823. The fourth-order valence-electron chi connectivity index (χ4n) is 5.48. The minimum atomic E-state index is 0.250. The second kappa shape index (κ2) is 8.66. The Morgan fingerprint density at radius 3 is 2.48 bits per heavy atom. The average molecular weight is 392 g/mol. The zero-order valence-corrected chi connectivity index (χ0v) is 17.8. The molecule has 1 aliphatic carbocycles. The van der Waals surface area contributed by atoms with E-state index < -0.39 is 0 Å². The van der Waals surface area contributed by atoms with Crippen molar-refractivity contribution in [2.75, 3.05) is 26.2 Å². The maximum absolute atomic E-state index is 12.8. The molecule has 1 unspecified atom stereocenters. The molecule has 29 heavy (non-hydrogen) atoms. The first kappa shape index (κ1) is 20.1. The maximum Gasteiger partial charge on any atom is 0.223 e. The monoisotopic (exact) mass is 391 g/mol. The minimum absolute atomic E-state index is 0.250. The molecule has 4 rings (SSSR count). The second-order valence-electron chi connectivity index (χ2n) is 8.67. The van der Waals surface area contributed by atoms with Crippen LogP contribution in [0.2, 0.25) is 0 Å². The highest BCUT2D eigenvalue weighted by atomic mass is 16.2. The van der Waals surface area contributed by atoms with Crippen molar-refractivity contribution in [3.63, 3.8) is 0 Å². The van der Waals surface area contributed by atoms with Crippen molar-refractivity contribution in [2.45, 2.75) is 57.4 Å². The zero-order valence-electron chi connectivity index (χ0n) is 17.8. The summed E-state index contributed by atoms with van der Waals surface area (Å²) in [5.74, 6) is 0.674. The summed E-state index contributed by atoms with van der Waals surface area (Å²) < 4.78 is 0. The number of likely N-dealkylation sites (tertiary alicyclic amines) is 1. The summed E-state index contributed by atoms with van der Waals surface area (Å²) in [5, 5.41) is 0. The van der Waals surface area contributed by atoms with Crippen LogP contribution < -0.4 is 0 Å². The third-order valence-corrected chi connectivity index (χ3v) is 7.11. The summed E-state index contributed by atoms with van der Waals surface area (Å²) in [6, 6.07) is 13.2. The van der Waals surface area contributed by atoms with Crippen LogP contribution in [0.5, 0.6) is 0 Å². The van der Waals surface area contributed by atoms with Gasteiger partial charge in [0.05, 0.1) is 0 Å². The number of aromatic nitrogens is 1. The molecule has 0 N–H and O–H groups in total. The van der Waals surface area contributed by atoms with Crippen molar-refractivity contribution in [2.24, 2.45) is 0 Å². The minimum Gasteiger partial charge on any atom is -0.343 e. The van der Waals surface area contributed by atoms with Crippen LogP contribution in [0.15, 0.2) is 48.8 Å². The van der Waals surface area contributed by atoms with Crippen LogP contribution >= 0.6 is 0 Å². The molecular formula is C25H33N3O. The summed E-state index contributed by atoms with van der Waals surface area (Å²) in [5.41, 5.74) is 4.53. The van der Waals surface area contributed by atoms with Gasteiger partial charge in [-0.05, 0) is 86.4 Å². The molecule has 1 aromatic heterocycles. The third-order valence-electron chi connectivity index (χ3n) is 7.11. The van der Waals surface area contributed by atoms with Gasteiger partial charge in [-0.3, -0.25) is 14.7 Å². The van der Waals surface area contributed by atoms with Crippen molar-refractivity contribution < 1.29 is 4.79 Å². The Labute approximate surface area is 174 Å². The van der Waals surface area contributed by atoms with Gasteiger partial charge < -0.3 is 4.90 Å². The molecule has 1 spiro atoms. The third kappa shape index (κ3) is 4.09. The van der Waals surface area contributed by atoms with Gasteiger partial charge in [0.1, 0.15) is 0 Å². The number of fused-ring (bicyclic) bond motifs is 2. The van der Waals surface area contributed by atoms with Crippen LogP contribution in [0.25, 0.3) is 0 Å². The van der Waals surface area contributed by atoms with Crippen LogP contribution in [0.3, 0.4) is 0 Å². The van der Waals surface area contributed by atoms with Crippen molar-refractivity contribution in [3.05, 3.63) is 65.5 Å². The van der Waals surface area contributed by atoms with Gasteiger partial charge in [0, 0.05) is 38.4 Å². The lowest BCUT2D eigenvalue weighted by atomic mass is 9.73. The van der Waals surface area contributed by atoms with E-state index in [0.29, 0.717) is 18.2 Å². The Balaban J connectivity index is 1.47. The molecule has 2 aromatic rings. The number of carbonyl (C=O) groups is 1. The highest BCUT2D eigenvalue weighted by molar-refractivity contribution is 5.77. The fourth-order valence-corrected chi connectivity index (χ4v) is 5.48. The van der Waals surface area contributed by atoms with Crippen LogP contribution in [0.1, 0.15) is 62.1 Å². The van der Waals surface area contributed by atoms with Gasteiger partial charge in [-0.15, -0.1) is 0 Å². The van der Waals surface area contributed by atoms with E-state index in [0.717, 1.165) is 39.1 Å². The maximum atomic E-state index is 12.8. The van der Waals surface area contributed by atoms with E-state index in [1.165, 1.54) is 29.5 Å². The Morgan fingerprint density at radius 2 is 1.79 bits per heavy atom. The lowest BCUT2D eigenvalue weighted by molar-refractivity contribution is -0.131. The first-order valence-corrected chi connectivity index (χ1v) is 11.1. The van der Waals surface area contributed by atoms with E-state index >= 15 is 0 Å². The van der Waals surface area contributed by atoms with E-state index in [4.69, 9.17) is 0 Å². The molecule has 1 fully saturated rings. The lowest BCUT2D eigenvalue weighted by Crippen LogP contribution is -2.41. The Kier molecular flexibility index (Phi) is 6.00. The first-order valence-electron chi connectivity index (χ1n) is 11.1. The van der Waals surface area contributed by atoms with Gasteiger partial charge >= 0.3 is 0 Å². The number of carbonyl (C=O) groups excluding carboxylic acids is 1. The van der Waals surface area contributed by atoms with Crippen molar-refractivity contribution in [3.8, 4) is 0 Å². The van der Waals surface area contributed by atoms with Gasteiger partial charge in [-0.2, -0.15) is 0 Å². The zero-order chi connectivity index (χ0) is 20.3. The van der Waals surface area contributed by atoms with E-state index in [1.54, 1.807) is 0 Å². The Morgan fingerprint density at radius 1 is 1.10 bits per heavy atom. The quantitative estimate of drug-likeness (QED) is 0.734. The summed E-state index contributed by atoms with van der Waals surface area (Å²) in [4.78, 5) is 21.5. The second-order valence-corrected chi connectivity index (χ2v) is 8.67. The van der Waals surface area contributed by atoms with Crippen LogP contribution in [0.4, 0.5) is 0 Å². The van der Waals surface area contributed by atoms with Gasteiger partial charge in [0.25, 0.3) is 0 Å². The van der Waals surface area contributed by atoms with E-state index in [1.807, 2.05) is 17.3 Å². The molecule has 4 heteroatoms. The molecular weight excluding hydrogens is 358 g/mol. The number of pyridine rings is 1. The highest BCUT2D eigenvalue weighted by Gasteiger charge is 2.45. The molecule has 1 aliphatic heterocycles. The largest absolute Gasteiger partial charge is 0.343 e. The highest BCUT2D eigenvalue weighted by Crippen LogP contribution is 2.52. The van der Waals surface area contributed by atoms with Crippen molar-refractivity contribution in [1.82, 2.24) is 14.8 Å². The molecule has 1 amide bonds. The van der Waals surface area contributed by atoms with Gasteiger partial charge in [-0.1, -0.05) is 24.3 Å². The number of benzene rings is 1. The first-order chi connectivity index (χ1) is 14.1. The SMILES string of the molecule is CCN(CC)C(=O)CC1CC2(CCN(Cc3ccncc3)CC2)c2ccccc21. The van der Waals surface area contributed by atoms with Gasteiger partial charge in [0.15, 0.2) is 0 Å². The summed E-state index contributed by atoms with van der Waals surface area (Å²) in [6.07, 6.45) is 7.91. The molecule has 1 saturated heterocycles. The molecule has 2 aliphatic rings. The van der Waals surface area contributed by atoms with E-state index in [9.17, 15) is 4.79 Å². The van der Waals surface area contributed by atoms with Crippen LogP contribution in [-0.2, 0) is 16.8 Å². The molecule has 154 valence electrons. The van der Waals surface area contributed by atoms with E-state index in [-0.39, 0.29) is 5.41 Å². The predicted octanol–water partition coefficient (Wildman–Crippen LogP) is 4.36. The molecule has 2 heterocycles. The Hall–Kier alpha value is -2.20. The van der Waals surface area contributed by atoms with Crippen LogP contribution in [-0.4, -0.2) is 46.9 Å². The molecule has 0 bridgehead atoms. The predicted molar refractivity (Wildman–Crippen MR) is 117 cm³/mol. The lowest BCUT2D eigenvalue weighted by Gasteiger charge is -2.40. The summed E-state index contributed by atoms with van der Waals surface area (Å²) in [6.45, 7) is 9.00. The van der Waals surface area contributed by atoms with Crippen molar-refractivity contribution in [1.29, 1.82) is 0 Å². The van der Waals surface area contributed by atoms with Crippen LogP contribution in [0, 0.1) is 0 Å². The number of hydrogen-bond acceptors (Lipinski definition) is 3. The summed E-state index contributed by atoms with van der Waals surface area (Å²) in [7, 11) is 0. The van der Waals surface area contributed by atoms with Crippen molar-refractivity contribution >= 4 is 5.91 Å². The number of piperidine rings is 1. The number of hydrogen-bond donors (Lipinski definition) is 0. The van der Waals surface area contributed by atoms with Gasteiger partial charge in [0.2, 0.25) is 5.91 Å².